The summed E-state index contributed by atoms with van der Waals surface area (Å²) in [6.07, 6.45) is 11.4. The van der Waals surface area contributed by atoms with Gasteiger partial charge in [0.05, 0.1) is 5.56 Å². The zero-order valence-electron chi connectivity index (χ0n) is 21.1. The molecule has 0 atom stereocenters. The van der Waals surface area contributed by atoms with Crippen molar-refractivity contribution in [2.75, 3.05) is 26.2 Å². The Morgan fingerprint density at radius 3 is 2.49 bits per heavy atom. The Balaban J connectivity index is 1.08. The number of aliphatic imine (C=N–C) groups is 1. The Labute approximate surface area is 216 Å². The van der Waals surface area contributed by atoms with Crippen LogP contribution in [0.3, 0.4) is 0 Å². The minimum absolute atomic E-state index is 0.0113. The third kappa shape index (κ3) is 3.84. The SMILES string of the molecule is CC1(C(=O)N2CC(CN3C(=O)C4(CC4)N=C3c3ccc(C4=CC=C(C5=CNNC5)CC4)cc3F)C2)CC1. The van der Waals surface area contributed by atoms with E-state index >= 15 is 4.39 Å². The van der Waals surface area contributed by atoms with Gasteiger partial charge in [-0.1, -0.05) is 25.1 Å². The lowest BCUT2D eigenvalue weighted by Crippen LogP contribution is -2.56. The molecule has 7 rings (SSSR count). The predicted octanol–water partition coefficient (Wildman–Crippen LogP) is 3.30. The molecule has 0 unspecified atom stereocenters. The van der Waals surface area contributed by atoms with Crippen LogP contribution in [0.15, 0.2) is 52.7 Å². The fourth-order valence-corrected chi connectivity index (χ4v) is 5.95. The zero-order chi connectivity index (χ0) is 25.4. The fourth-order valence-electron chi connectivity index (χ4n) is 5.95. The Bertz CT molecular complexity index is 1330. The molecule has 3 aliphatic heterocycles. The lowest BCUT2D eigenvalue weighted by atomic mass is 9.90. The molecule has 2 saturated carbocycles. The molecule has 192 valence electrons. The summed E-state index contributed by atoms with van der Waals surface area (Å²) >= 11 is 0. The number of rotatable bonds is 6. The van der Waals surface area contributed by atoms with E-state index in [9.17, 15) is 9.59 Å². The standard InChI is InChI=1S/C29H32FN5O2/c1-28(8-9-28)26(36)34-15-18(16-34)17-35-25(33-29(10-11-29)27(35)37)23-7-6-21(12-24(23)30)19-2-4-20(5-3-19)22-13-31-32-14-22/h2,4,6-7,12-13,18,31-32H,3,5,8-11,14-17H2,1H3. The second-order valence-corrected chi connectivity index (χ2v) is 11.8. The first kappa shape index (κ1) is 22.9. The lowest BCUT2D eigenvalue weighted by molar-refractivity contribution is -0.143. The number of likely N-dealkylation sites (tertiary alicyclic amines) is 1. The van der Waals surface area contributed by atoms with Gasteiger partial charge >= 0.3 is 0 Å². The second kappa shape index (κ2) is 8.12. The summed E-state index contributed by atoms with van der Waals surface area (Å²) in [5.41, 5.74) is 10.2. The molecular weight excluding hydrogens is 469 g/mol. The quantitative estimate of drug-likeness (QED) is 0.627. The van der Waals surface area contributed by atoms with Crippen LogP contribution < -0.4 is 10.9 Å². The number of amidine groups is 1. The first-order chi connectivity index (χ1) is 17.9. The molecule has 2 amide bonds. The molecule has 8 heteroatoms. The van der Waals surface area contributed by atoms with Crippen LogP contribution in [0.1, 0.15) is 56.6 Å². The Kier molecular flexibility index (Phi) is 5.02. The number of halogens is 1. The topological polar surface area (TPSA) is 77.0 Å². The molecular formula is C29H32FN5O2. The number of hydrogen-bond donors (Lipinski definition) is 2. The van der Waals surface area contributed by atoms with Crippen molar-refractivity contribution in [3.63, 3.8) is 0 Å². The van der Waals surface area contributed by atoms with Crippen molar-refractivity contribution in [1.29, 1.82) is 0 Å². The Hall–Kier alpha value is -3.26. The molecule has 1 aromatic rings. The van der Waals surface area contributed by atoms with E-state index in [4.69, 9.17) is 4.99 Å². The third-order valence-corrected chi connectivity index (χ3v) is 8.91. The molecule has 3 heterocycles. The van der Waals surface area contributed by atoms with Crippen LogP contribution in [-0.4, -0.2) is 59.2 Å². The maximum absolute atomic E-state index is 15.6. The molecule has 0 bridgehead atoms. The molecule has 0 radical (unpaired) electrons. The molecule has 0 aromatic heterocycles. The number of hydrogen-bond acceptors (Lipinski definition) is 5. The summed E-state index contributed by atoms with van der Waals surface area (Å²) in [4.78, 5) is 34.3. The number of benzene rings is 1. The van der Waals surface area contributed by atoms with E-state index in [1.165, 1.54) is 11.1 Å². The van der Waals surface area contributed by atoms with Crippen molar-refractivity contribution in [3.05, 3.63) is 64.6 Å². The van der Waals surface area contributed by atoms with Crippen molar-refractivity contribution in [1.82, 2.24) is 20.7 Å². The van der Waals surface area contributed by atoms with Crippen molar-refractivity contribution in [3.8, 4) is 0 Å². The largest absolute Gasteiger partial charge is 0.341 e. The van der Waals surface area contributed by atoms with E-state index in [1.54, 1.807) is 17.0 Å². The highest BCUT2D eigenvalue weighted by Crippen LogP contribution is 2.48. The minimum atomic E-state index is -0.688. The van der Waals surface area contributed by atoms with Crippen LogP contribution in [0.4, 0.5) is 4.39 Å². The maximum atomic E-state index is 15.6. The monoisotopic (exact) mass is 501 g/mol. The van der Waals surface area contributed by atoms with Gasteiger partial charge in [-0.3, -0.25) is 19.5 Å². The second-order valence-electron chi connectivity index (χ2n) is 11.8. The number of allylic oxidation sites excluding steroid dienone is 3. The summed E-state index contributed by atoms with van der Waals surface area (Å²) in [7, 11) is 0. The van der Waals surface area contributed by atoms with Crippen LogP contribution in [0, 0.1) is 17.2 Å². The highest BCUT2D eigenvalue weighted by atomic mass is 19.1. The van der Waals surface area contributed by atoms with Crippen LogP contribution in [0.25, 0.3) is 5.57 Å². The lowest BCUT2D eigenvalue weighted by Gasteiger charge is -2.42. The van der Waals surface area contributed by atoms with Crippen molar-refractivity contribution < 1.29 is 14.0 Å². The van der Waals surface area contributed by atoms with Crippen molar-refractivity contribution in [2.24, 2.45) is 16.3 Å². The maximum Gasteiger partial charge on any atom is 0.256 e. The number of carbonyl (C=O) groups is 2. The molecule has 7 nitrogen and oxygen atoms in total. The summed E-state index contributed by atoms with van der Waals surface area (Å²) in [5, 5.41) is 0. The van der Waals surface area contributed by atoms with E-state index in [2.05, 4.69) is 23.0 Å². The van der Waals surface area contributed by atoms with Gasteiger partial charge in [0.25, 0.3) is 5.91 Å². The van der Waals surface area contributed by atoms with Crippen LogP contribution in [0.5, 0.6) is 0 Å². The minimum Gasteiger partial charge on any atom is -0.341 e. The first-order valence-electron chi connectivity index (χ1n) is 13.4. The summed E-state index contributed by atoms with van der Waals surface area (Å²) in [6, 6.07) is 5.31. The summed E-state index contributed by atoms with van der Waals surface area (Å²) < 4.78 is 15.6. The zero-order valence-corrected chi connectivity index (χ0v) is 21.1. The average molecular weight is 502 g/mol. The highest BCUT2D eigenvalue weighted by Gasteiger charge is 2.58. The number of hydrazine groups is 1. The number of nitrogens with one attached hydrogen (secondary N) is 2. The van der Waals surface area contributed by atoms with E-state index in [0.717, 1.165) is 56.2 Å². The number of nitrogens with zero attached hydrogens (tertiary/aromatic N) is 3. The van der Waals surface area contributed by atoms with Gasteiger partial charge in [-0.05, 0) is 72.9 Å². The van der Waals surface area contributed by atoms with Gasteiger partial charge in [0.15, 0.2) is 0 Å². The van der Waals surface area contributed by atoms with Crippen molar-refractivity contribution >= 4 is 23.2 Å². The molecule has 37 heavy (non-hydrogen) atoms. The predicted molar refractivity (Wildman–Crippen MR) is 139 cm³/mol. The fraction of sp³-hybridized carbons (Fsp3) is 0.483. The third-order valence-electron chi connectivity index (χ3n) is 8.91. The number of carbonyl (C=O) groups excluding carboxylic acids is 2. The highest BCUT2D eigenvalue weighted by molar-refractivity contribution is 6.16. The van der Waals surface area contributed by atoms with Gasteiger partial charge in [-0.15, -0.1) is 0 Å². The molecule has 1 saturated heterocycles. The van der Waals surface area contributed by atoms with E-state index in [-0.39, 0.29) is 29.0 Å². The molecule has 1 spiro atoms. The number of amides is 2. The van der Waals surface area contributed by atoms with Crippen molar-refractivity contribution in [2.45, 2.75) is 51.0 Å². The Morgan fingerprint density at radius 1 is 1.11 bits per heavy atom. The summed E-state index contributed by atoms with van der Waals surface area (Å²) in [5.74, 6) is 0.533. The van der Waals surface area contributed by atoms with Crippen LogP contribution in [-0.2, 0) is 9.59 Å². The normalized spacial score (nSPS) is 25.3. The van der Waals surface area contributed by atoms with Gasteiger partial charge in [-0.2, -0.15) is 0 Å². The van der Waals surface area contributed by atoms with Crippen LogP contribution >= 0.6 is 0 Å². The van der Waals surface area contributed by atoms with Gasteiger partial charge in [0.2, 0.25) is 5.91 Å². The molecule has 6 aliphatic rings. The Morgan fingerprint density at radius 2 is 1.86 bits per heavy atom. The van der Waals surface area contributed by atoms with Gasteiger partial charge in [-0.25, -0.2) is 9.82 Å². The molecule has 1 aromatic carbocycles. The smallest absolute Gasteiger partial charge is 0.256 e. The molecule has 2 N–H and O–H groups in total. The molecule has 3 fully saturated rings. The average Bonchev–Trinajstić information content (AvgIpc) is 3.74. The van der Waals surface area contributed by atoms with Crippen LogP contribution in [0.2, 0.25) is 0 Å². The first-order valence-corrected chi connectivity index (χ1v) is 13.4. The van der Waals surface area contributed by atoms with E-state index in [1.807, 2.05) is 24.1 Å². The van der Waals surface area contributed by atoms with E-state index in [0.29, 0.717) is 31.0 Å². The van der Waals surface area contributed by atoms with Gasteiger partial charge in [0.1, 0.15) is 17.2 Å². The van der Waals surface area contributed by atoms with Gasteiger partial charge < -0.3 is 10.3 Å². The van der Waals surface area contributed by atoms with Gasteiger partial charge in [0, 0.05) is 43.7 Å². The summed E-state index contributed by atoms with van der Waals surface area (Å²) in [6.45, 7) is 4.64. The molecule has 3 aliphatic carbocycles. The van der Waals surface area contributed by atoms with E-state index < -0.39 is 5.54 Å².